The molecule has 1 aliphatic rings. The van der Waals surface area contributed by atoms with Crippen LogP contribution in [0.3, 0.4) is 0 Å². The first-order valence-corrected chi connectivity index (χ1v) is 6.85. The molecule has 0 spiro atoms. The molecule has 1 unspecified atom stereocenters. The molecule has 0 saturated heterocycles. The standard InChI is InChI=1S/C13H10OS2/c1-8-9-4-2-3-5-11(9)16-13-10(12(8)14)6-7-15-13/h2-8H,1H3. The number of carbonyl (C=O) groups is 1. The number of hydrogen-bond donors (Lipinski definition) is 0. The lowest BCUT2D eigenvalue weighted by atomic mass is 9.94. The number of benzene rings is 1. The minimum atomic E-state index is -0.0282. The number of rotatable bonds is 0. The van der Waals surface area contributed by atoms with E-state index in [2.05, 4.69) is 12.1 Å². The normalized spacial score (nSPS) is 18.8. The van der Waals surface area contributed by atoms with Crippen molar-refractivity contribution >= 4 is 28.9 Å². The van der Waals surface area contributed by atoms with Crippen LogP contribution >= 0.6 is 23.1 Å². The Labute approximate surface area is 103 Å². The van der Waals surface area contributed by atoms with Gasteiger partial charge in [0.25, 0.3) is 0 Å². The lowest BCUT2D eigenvalue weighted by Crippen LogP contribution is -2.08. The summed E-state index contributed by atoms with van der Waals surface area (Å²) in [5.41, 5.74) is 2.04. The van der Waals surface area contributed by atoms with Crippen LogP contribution in [0.15, 0.2) is 44.8 Å². The van der Waals surface area contributed by atoms with Crippen LogP contribution in [-0.2, 0) is 0 Å². The van der Waals surface area contributed by atoms with Crippen LogP contribution in [0.4, 0.5) is 0 Å². The average molecular weight is 246 g/mol. The van der Waals surface area contributed by atoms with E-state index in [-0.39, 0.29) is 11.7 Å². The van der Waals surface area contributed by atoms with Crippen molar-refractivity contribution in [1.82, 2.24) is 0 Å². The lowest BCUT2D eigenvalue weighted by molar-refractivity contribution is 0.0964. The second-order valence-electron chi connectivity index (χ2n) is 3.85. The Balaban J connectivity index is 2.23. The van der Waals surface area contributed by atoms with Crippen LogP contribution in [0, 0.1) is 0 Å². The molecule has 3 rings (SSSR count). The molecule has 0 radical (unpaired) electrons. The van der Waals surface area contributed by atoms with E-state index < -0.39 is 0 Å². The van der Waals surface area contributed by atoms with E-state index in [1.165, 1.54) is 4.90 Å². The van der Waals surface area contributed by atoms with Crippen molar-refractivity contribution < 1.29 is 4.79 Å². The van der Waals surface area contributed by atoms with Crippen molar-refractivity contribution in [2.75, 3.05) is 0 Å². The molecule has 2 heterocycles. The van der Waals surface area contributed by atoms with E-state index in [1.54, 1.807) is 23.1 Å². The van der Waals surface area contributed by atoms with Gasteiger partial charge in [-0.25, -0.2) is 0 Å². The van der Waals surface area contributed by atoms with Crippen molar-refractivity contribution in [1.29, 1.82) is 0 Å². The van der Waals surface area contributed by atoms with E-state index in [0.29, 0.717) is 0 Å². The van der Waals surface area contributed by atoms with Crippen molar-refractivity contribution in [2.45, 2.75) is 21.9 Å². The molecular weight excluding hydrogens is 236 g/mol. The highest BCUT2D eigenvalue weighted by Gasteiger charge is 2.27. The van der Waals surface area contributed by atoms with E-state index in [9.17, 15) is 4.79 Å². The van der Waals surface area contributed by atoms with E-state index in [1.807, 2.05) is 30.5 Å². The lowest BCUT2D eigenvalue weighted by Gasteiger charge is -2.09. The zero-order valence-corrected chi connectivity index (χ0v) is 10.4. The van der Waals surface area contributed by atoms with Gasteiger partial charge in [-0.3, -0.25) is 4.79 Å². The number of Topliss-reactive ketones (excluding diaryl/α,β-unsaturated/α-hetero) is 1. The topological polar surface area (TPSA) is 17.1 Å². The van der Waals surface area contributed by atoms with Gasteiger partial charge in [-0.05, 0) is 23.1 Å². The molecular formula is C13H10OS2. The number of ketones is 1. The molecule has 1 aromatic carbocycles. The monoisotopic (exact) mass is 246 g/mol. The van der Waals surface area contributed by atoms with Gasteiger partial charge in [-0.15, -0.1) is 11.3 Å². The van der Waals surface area contributed by atoms with Gasteiger partial charge in [-0.1, -0.05) is 36.9 Å². The van der Waals surface area contributed by atoms with Crippen molar-refractivity contribution in [3.63, 3.8) is 0 Å². The Bertz CT molecular complexity index is 557. The van der Waals surface area contributed by atoms with Gasteiger partial charge < -0.3 is 0 Å². The second kappa shape index (κ2) is 3.75. The molecule has 2 aromatic rings. The highest BCUT2D eigenvalue weighted by atomic mass is 32.2. The van der Waals surface area contributed by atoms with Crippen molar-refractivity contribution in [2.24, 2.45) is 0 Å². The predicted molar refractivity (Wildman–Crippen MR) is 67.6 cm³/mol. The van der Waals surface area contributed by atoms with Crippen molar-refractivity contribution in [3.05, 3.63) is 46.8 Å². The Morgan fingerprint density at radius 3 is 2.88 bits per heavy atom. The third-order valence-electron chi connectivity index (χ3n) is 2.88. The fraction of sp³-hybridized carbons (Fsp3) is 0.154. The van der Waals surface area contributed by atoms with Crippen LogP contribution in [-0.4, -0.2) is 5.78 Å². The van der Waals surface area contributed by atoms with Gasteiger partial charge in [0.1, 0.15) is 0 Å². The fourth-order valence-corrected chi connectivity index (χ4v) is 4.20. The van der Waals surface area contributed by atoms with Gasteiger partial charge in [-0.2, -0.15) is 0 Å². The number of carbonyl (C=O) groups excluding carboxylic acids is 1. The predicted octanol–water partition coefficient (Wildman–Crippen LogP) is 4.20. The van der Waals surface area contributed by atoms with Crippen LogP contribution in [0.1, 0.15) is 28.8 Å². The first-order valence-electron chi connectivity index (χ1n) is 5.16. The fourth-order valence-electron chi connectivity index (χ4n) is 1.96. The SMILES string of the molecule is CC1C(=O)c2ccsc2Sc2ccccc21. The molecule has 0 saturated carbocycles. The quantitative estimate of drug-likeness (QED) is 0.693. The third-order valence-corrected chi connectivity index (χ3v) is 5.12. The summed E-state index contributed by atoms with van der Waals surface area (Å²) in [6.07, 6.45) is 0. The molecule has 0 bridgehead atoms. The van der Waals surface area contributed by atoms with Crippen LogP contribution < -0.4 is 0 Å². The minimum absolute atomic E-state index is 0.0282. The van der Waals surface area contributed by atoms with Crippen LogP contribution in [0.5, 0.6) is 0 Å². The molecule has 0 N–H and O–H groups in total. The Morgan fingerprint density at radius 2 is 2.00 bits per heavy atom. The van der Waals surface area contributed by atoms with Gasteiger partial charge >= 0.3 is 0 Å². The summed E-state index contributed by atoms with van der Waals surface area (Å²) in [5.74, 6) is 0.216. The van der Waals surface area contributed by atoms with E-state index in [4.69, 9.17) is 0 Å². The van der Waals surface area contributed by atoms with E-state index in [0.717, 1.165) is 15.3 Å². The van der Waals surface area contributed by atoms with Crippen LogP contribution in [0.2, 0.25) is 0 Å². The Hall–Kier alpha value is -1.06. The molecule has 80 valence electrons. The van der Waals surface area contributed by atoms with E-state index >= 15 is 0 Å². The summed E-state index contributed by atoms with van der Waals surface area (Å²) in [6, 6.07) is 10.1. The van der Waals surface area contributed by atoms with Crippen LogP contribution in [0.25, 0.3) is 0 Å². The maximum atomic E-state index is 12.3. The molecule has 0 aliphatic carbocycles. The third kappa shape index (κ3) is 1.43. The number of fused-ring (bicyclic) bond motifs is 2. The van der Waals surface area contributed by atoms with Gasteiger partial charge in [0.15, 0.2) is 5.78 Å². The van der Waals surface area contributed by atoms with Gasteiger partial charge in [0.05, 0.1) is 4.21 Å². The molecule has 3 heteroatoms. The highest BCUT2D eigenvalue weighted by molar-refractivity contribution is 8.01. The summed E-state index contributed by atoms with van der Waals surface area (Å²) in [6.45, 7) is 1.99. The second-order valence-corrected chi connectivity index (χ2v) is 6.07. The minimum Gasteiger partial charge on any atom is -0.293 e. The number of hydrogen-bond acceptors (Lipinski definition) is 3. The zero-order valence-electron chi connectivity index (χ0n) is 8.77. The van der Waals surface area contributed by atoms with Crippen molar-refractivity contribution in [3.8, 4) is 0 Å². The van der Waals surface area contributed by atoms with Gasteiger partial charge in [0.2, 0.25) is 0 Å². The largest absolute Gasteiger partial charge is 0.293 e. The summed E-state index contributed by atoms with van der Waals surface area (Å²) in [7, 11) is 0. The van der Waals surface area contributed by atoms with Gasteiger partial charge in [0, 0.05) is 16.4 Å². The number of thiophene rings is 1. The summed E-state index contributed by atoms with van der Waals surface area (Å²) >= 11 is 3.37. The molecule has 1 aliphatic heterocycles. The zero-order chi connectivity index (χ0) is 11.1. The summed E-state index contributed by atoms with van der Waals surface area (Å²) in [4.78, 5) is 13.5. The molecule has 1 aromatic heterocycles. The molecule has 1 nitrogen and oxygen atoms in total. The maximum Gasteiger partial charge on any atom is 0.172 e. The molecule has 1 atom stereocenters. The smallest absolute Gasteiger partial charge is 0.172 e. The summed E-state index contributed by atoms with van der Waals surface area (Å²) < 4.78 is 1.13. The Morgan fingerprint density at radius 1 is 1.19 bits per heavy atom. The molecule has 0 amide bonds. The maximum absolute atomic E-state index is 12.3. The first-order chi connectivity index (χ1) is 7.77. The summed E-state index contributed by atoms with van der Waals surface area (Å²) in [5, 5.41) is 2.00. The highest BCUT2D eigenvalue weighted by Crippen LogP contribution is 2.43. The first kappa shape index (κ1) is 10.1. The molecule has 16 heavy (non-hydrogen) atoms. The molecule has 0 fully saturated rings. The Kier molecular flexibility index (Phi) is 2.37. The average Bonchev–Trinajstić information content (AvgIpc) is 2.72.